The zero-order chi connectivity index (χ0) is 18.4. The fourth-order valence-corrected chi connectivity index (χ4v) is 3.84. The number of sulfonamides is 1. The van der Waals surface area contributed by atoms with Crippen LogP contribution in [0.4, 0.5) is 10.1 Å². The summed E-state index contributed by atoms with van der Waals surface area (Å²) in [6.45, 7) is 4.50. The normalized spacial score (nSPS) is 15.3. The second kappa shape index (κ2) is 5.73. The summed E-state index contributed by atoms with van der Waals surface area (Å²) in [4.78, 5) is 10.2. The summed E-state index contributed by atoms with van der Waals surface area (Å²) in [7, 11) is -4.29. The van der Waals surface area contributed by atoms with Gasteiger partial charge >= 0.3 is 5.97 Å². The predicted octanol–water partition coefficient (Wildman–Crippen LogP) is 2.99. The number of anilines is 1. The minimum Gasteiger partial charge on any atom is -0.492 e. The van der Waals surface area contributed by atoms with Crippen LogP contribution in [0.2, 0.25) is 0 Å². The van der Waals surface area contributed by atoms with Gasteiger partial charge in [-0.05, 0) is 18.2 Å². The van der Waals surface area contributed by atoms with Crippen LogP contribution >= 0.6 is 0 Å². The molecule has 0 bridgehead atoms. The smallest absolute Gasteiger partial charge is 0.338 e. The summed E-state index contributed by atoms with van der Waals surface area (Å²) in [5.41, 5.74) is 0.280. The molecule has 132 valence electrons. The maximum absolute atomic E-state index is 14.2. The number of carbonyl (C=O) groups is 1. The van der Waals surface area contributed by atoms with E-state index in [1.807, 2.05) is 13.8 Å². The summed E-state index contributed by atoms with van der Waals surface area (Å²) in [6.07, 6.45) is 0. The predicted molar refractivity (Wildman–Crippen MR) is 89.1 cm³/mol. The molecule has 8 heteroatoms. The zero-order valence-corrected chi connectivity index (χ0v) is 14.4. The highest BCUT2D eigenvalue weighted by Crippen LogP contribution is 2.40. The summed E-state index contributed by atoms with van der Waals surface area (Å²) in [6, 6.07) is 8.03. The molecule has 0 unspecified atom stereocenters. The van der Waals surface area contributed by atoms with Gasteiger partial charge in [-0.15, -0.1) is 0 Å². The fourth-order valence-electron chi connectivity index (χ4n) is 2.69. The highest BCUT2D eigenvalue weighted by molar-refractivity contribution is 7.92. The number of benzene rings is 2. The van der Waals surface area contributed by atoms with E-state index in [9.17, 15) is 17.6 Å². The van der Waals surface area contributed by atoms with Crippen molar-refractivity contribution in [3.05, 3.63) is 53.3 Å². The Balaban J connectivity index is 1.96. The number of ether oxygens (including phenoxy) is 1. The molecule has 25 heavy (non-hydrogen) atoms. The molecule has 0 aromatic heterocycles. The van der Waals surface area contributed by atoms with Crippen LogP contribution < -0.4 is 9.46 Å². The van der Waals surface area contributed by atoms with Crippen molar-refractivity contribution in [1.82, 2.24) is 0 Å². The van der Waals surface area contributed by atoms with Gasteiger partial charge in [0, 0.05) is 17.0 Å². The lowest BCUT2D eigenvalue weighted by atomic mass is 9.87. The topological polar surface area (TPSA) is 92.7 Å². The third-order valence-electron chi connectivity index (χ3n) is 4.03. The molecule has 0 atom stereocenters. The first-order valence-corrected chi connectivity index (χ1v) is 8.92. The molecule has 2 aromatic carbocycles. The Hall–Kier alpha value is -2.61. The number of aromatic carboxylic acids is 1. The highest BCUT2D eigenvalue weighted by atomic mass is 32.2. The van der Waals surface area contributed by atoms with E-state index >= 15 is 0 Å². The average molecular weight is 365 g/mol. The number of rotatable bonds is 4. The zero-order valence-electron chi connectivity index (χ0n) is 13.5. The van der Waals surface area contributed by atoms with E-state index < -0.39 is 32.3 Å². The molecule has 0 aliphatic carbocycles. The van der Waals surface area contributed by atoms with Gasteiger partial charge in [-0.25, -0.2) is 17.6 Å². The van der Waals surface area contributed by atoms with Crippen LogP contribution in [0.5, 0.6) is 5.75 Å². The number of halogens is 1. The number of carboxylic acids is 1. The van der Waals surface area contributed by atoms with E-state index in [1.54, 1.807) is 12.1 Å². The van der Waals surface area contributed by atoms with Crippen LogP contribution in [0.15, 0.2) is 41.3 Å². The number of carboxylic acid groups (broad SMARTS) is 1. The number of hydrogen-bond donors (Lipinski definition) is 2. The molecule has 0 radical (unpaired) electrons. The van der Waals surface area contributed by atoms with Crippen molar-refractivity contribution in [3.63, 3.8) is 0 Å². The second-order valence-corrected chi connectivity index (χ2v) is 8.06. The first-order chi connectivity index (χ1) is 11.6. The van der Waals surface area contributed by atoms with Crippen LogP contribution in [0.3, 0.4) is 0 Å². The van der Waals surface area contributed by atoms with E-state index in [0.29, 0.717) is 12.4 Å². The monoisotopic (exact) mass is 365 g/mol. The average Bonchev–Trinajstić information content (AvgIpc) is 2.81. The molecule has 6 nitrogen and oxygen atoms in total. The fraction of sp³-hybridized carbons (Fsp3) is 0.235. The van der Waals surface area contributed by atoms with Gasteiger partial charge in [0.1, 0.15) is 10.6 Å². The van der Waals surface area contributed by atoms with Crippen LogP contribution in [-0.2, 0) is 15.4 Å². The summed E-state index contributed by atoms with van der Waals surface area (Å²) in [5.74, 6) is -2.28. The maximum atomic E-state index is 14.2. The molecule has 0 saturated heterocycles. The Bertz CT molecular complexity index is 969. The van der Waals surface area contributed by atoms with E-state index in [-0.39, 0.29) is 11.1 Å². The van der Waals surface area contributed by atoms with Crippen LogP contribution in [0.1, 0.15) is 29.8 Å². The van der Waals surface area contributed by atoms with Crippen molar-refractivity contribution < 1.29 is 27.4 Å². The van der Waals surface area contributed by atoms with Gasteiger partial charge in [-0.3, -0.25) is 4.72 Å². The summed E-state index contributed by atoms with van der Waals surface area (Å²) in [5, 5.41) is 8.93. The van der Waals surface area contributed by atoms with Gasteiger partial charge < -0.3 is 9.84 Å². The van der Waals surface area contributed by atoms with Gasteiger partial charge in [0.15, 0.2) is 5.82 Å². The largest absolute Gasteiger partial charge is 0.492 e. The SMILES string of the molecule is CC1(C)COc2cc(NS(=O)(=O)c3cccc(C(=O)O)c3F)ccc21. The summed E-state index contributed by atoms with van der Waals surface area (Å²) < 4.78 is 46.9. The molecule has 0 fully saturated rings. The number of nitrogens with one attached hydrogen (secondary N) is 1. The number of hydrogen-bond acceptors (Lipinski definition) is 4. The molecular weight excluding hydrogens is 349 g/mol. The lowest BCUT2D eigenvalue weighted by Gasteiger charge is -2.15. The van der Waals surface area contributed by atoms with Crippen molar-refractivity contribution in [1.29, 1.82) is 0 Å². The van der Waals surface area contributed by atoms with Crippen molar-refractivity contribution in [2.45, 2.75) is 24.2 Å². The van der Waals surface area contributed by atoms with Crippen LogP contribution in [-0.4, -0.2) is 26.1 Å². The Morgan fingerprint density at radius 3 is 2.68 bits per heavy atom. The van der Waals surface area contributed by atoms with E-state index in [2.05, 4.69) is 4.72 Å². The van der Waals surface area contributed by atoms with Gasteiger partial charge in [-0.1, -0.05) is 26.0 Å². The lowest BCUT2D eigenvalue weighted by Crippen LogP contribution is -2.18. The van der Waals surface area contributed by atoms with Crippen molar-refractivity contribution in [3.8, 4) is 5.75 Å². The standard InChI is InChI=1S/C17H16FNO5S/c1-17(2)9-24-13-8-10(6-7-12(13)17)19-25(22,23)14-5-3-4-11(15(14)18)16(20)21/h3-8,19H,9H2,1-2H3,(H,20,21). The molecule has 2 N–H and O–H groups in total. The first-order valence-electron chi connectivity index (χ1n) is 7.44. The molecule has 0 spiro atoms. The second-order valence-electron chi connectivity index (χ2n) is 6.41. The first kappa shape index (κ1) is 17.2. The minimum atomic E-state index is -4.29. The molecule has 1 aliphatic rings. The Labute approximate surface area is 144 Å². The molecular formula is C17H16FNO5S. The quantitative estimate of drug-likeness (QED) is 0.869. The molecule has 0 amide bonds. The third kappa shape index (κ3) is 3.05. The molecule has 0 saturated carbocycles. The Morgan fingerprint density at radius 1 is 1.28 bits per heavy atom. The minimum absolute atomic E-state index is 0.172. The number of fused-ring (bicyclic) bond motifs is 1. The molecule has 3 rings (SSSR count). The van der Waals surface area contributed by atoms with E-state index in [1.165, 1.54) is 12.1 Å². The van der Waals surface area contributed by atoms with E-state index in [4.69, 9.17) is 9.84 Å². The Kier molecular flexibility index (Phi) is 3.95. The van der Waals surface area contributed by atoms with Crippen molar-refractivity contribution >= 4 is 21.7 Å². The molecule has 1 aliphatic heterocycles. The van der Waals surface area contributed by atoms with Crippen LogP contribution in [0.25, 0.3) is 0 Å². The van der Waals surface area contributed by atoms with Crippen LogP contribution in [0, 0.1) is 5.82 Å². The van der Waals surface area contributed by atoms with Gasteiger partial charge in [-0.2, -0.15) is 0 Å². The lowest BCUT2D eigenvalue weighted by molar-refractivity contribution is 0.0691. The Morgan fingerprint density at radius 2 is 2.00 bits per heavy atom. The van der Waals surface area contributed by atoms with Crippen molar-refractivity contribution in [2.75, 3.05) is 11.3 Å². The van der Waals surface area contributed by atoms with E-state index in [0.717, 1.165) is 17.7 Å². The molecule has 2 aromatic rings. The highest BCUT2D eigenvalue weighted by Gasteiger charge is 2.32. The third-order valence-corrected chi connectivity index (χ3v) is 5.43. The van der Waals surface area contributed by atoms with Gasteiger partial charge in [0.2, 0.25) is 0 Å². The maximum Gasteiger partial charge on any atom is 0.338 e. The van der Waals surface area contributed by atoms with Crippen molar-refractivity contribution in [2.24, 2.45) is 0 Å². The van der Waals surface area contributed by atoms with Gasteiger partial charge in [0.05, 0.1) is 17.9 Å². The van der Waals surface area contributed by atoms with Gasteiger partial charge in [0.25, 0.3) is 10.0 Å². The summed E-state index contributed by atoms with van der Waals surface area (Å²) >= 11 is 0. The molecule has 1 heterocycles.